The zero-order valence-corrected chi connectivity index (χ0v) is 19.7. The van der Waals surface area contributed by atoms with Crippen LogP contribution in [0.1, 0.15) is 41.3 Å². The number of phenols is 1. The van der Waals surface area contributed by atoms with Crippen molar-refractivity contribution in [2.75, 3.05) is 10.0 Å². The molecule has 0 aliphatic carbocycles. The van der Waals surface area contributed by atoms with Crippen molar-refractivity contribution < 1.29 is 19.8 Å². The highest BCUT2D eigenvalue weighted by Gasteiger charge is 2.68. The SMILES string of the molecule is CCCC1=NN(c2ccc(C)c(C)c2)C(=O)C12NN2c1cccc(-c2cccc(C(=O)O)c2)c1O. The van der Waals surface area contributed by atoms with Gasteiger partial charge in [-0.15, -0.1) is 0 Å². The Labute approximate surface area is 203 Å². The highest BCUT2D eigenvalue weighted by Crippen LogP contribution is 2.47. The Hall–Kier alpha value is -4.17. The van der Waals surface area contributed by atoms with E-state index < -0.39 is 11.6 Å². The van der Waals surface area contributed by atoms with E-state index in [-0.39, 0.29) is 17.2 Å². The molecule has 1 spiro atoms. The minimum absolute atomic E-state index is 0.0484. The van der Waals surface area contributed by atoms with Gasteiger partial charge in [-0.3, -0.25) is 9.80 Å². The fourth-order valence-corrected chi connectivity index (χ4v) is 4.49. The maximum Gasteiger partial charge on any atom is 0.335 e. The molecule has 8 heteroatoms. The van der Waals surface area contributed by atoms with Crippen LogP contribution >= 0.6 is 0 Å². The molecule has 1 atom stereocenters. The van der Waals surface area contributed by atoms with E-state index in [1.165, 1.54) is 17.1 Å². The maximum atomic E-state index is 13.7. The average Bonchev–Trinajstić information content (AvgIpc) is 3.53. The Morgan fingerprint density at radius 2 is 1.83 bits per heavy atom. The topological polar surface area (TPSA) is 115 Å². The Morgan fingerprint density at radius 3 is 2.54 bits per heavy atom. The van der Waals surface area contributed by atoms with Gasteiger partial charge in [0.25, 0.3) is 5.91 Å². The summed E-state index contributed by atoms with van der Waals surface area (Å²) in [6, 6.07) is 17.4. The van der Waals surface area contributed by atoms with Crippen LogP contribution in [0.15, 0.2) is 65.8 Å². The molecule has 0 saturated carbocycles. The molecule has 1 fully saturated rings. The molecule has 3 aromatic carbocycles. The average molecular weight is 471 g/mol. The second-order valence-electron chi connectivity index (χ2n) is 8.90. The quantitative estimate of drug-likeness (QED) is 0.454. The highest BCUT2D eigenvalue weighted by atomic mass is 16.4. The number of nitrogens with one attached hydrogen (secondary N) is 1. The number of benzene rings is 3. The van der Waals surface area contributed by atoms with E-state index in [9.17, 15) is 19.8 Å². The molecular formula is C27H26N4O4. The molecular weight excluding hydrogens is 444 g/mol. The summed E-state index contributed by atoms with van der Waals surface area (Å²) in [5.41, 5.74) is 7.18. The standard InChI is InChI=1S/C27H26N4O4/c1-4-7-23-27(26(35)30(28-23)20-13-12-16(2)17(3)14-20)29-31(27)22-11-6-10-21(24(22)32)18-8-5-9-19(15-18)25(33)34/h5-6,8-15,29,32H,4,7H2,1-3H3,(H,33,34). The van der Waals surface area contributed by atoms with Crippen LogP contribution in [0.3, 0.4) is 0 Å². The number of aromatic hydroxyl groups is 1. The molecule has 0 radical (unpaired) electrons. The highest BCUT2D eigenvalue weighted by molar-refractivity contribution is 6.28. The van der Waals surface area contributed by atoms with E-state index in [0.717, 1.165) is 17.5 Å². The van der Waals surface area contributed by atoms with Crippen molar-refractivity contribution in [3.63, 3.8) is 0 Å². The Balaban J connectivity index is 1.52. The first kappa shape index (κ1) is 22.6. The van der Waals surface area contributed by atoms with Crippen LogP contribution in [0.2, 0.25) is 0 Å². The van der Waals surface area contributed by atoms with Crippen molar-refractivity contribution in [1.29, 1.82) is 0 Å². The van der Waals surface area contributed by atoms with Crippen molar-refractivity contribution >= 4 is 29.0 Å². The summed E-state index contributed by atoms with van der Waals surface area (Å²) in [7, 11) is 0. The zero-order valence-electron chi connectivity index (χ0n) is 19.7. The van der Waals surface area contributed by atoms with E-state index in [1.54, 1.807) is 35.3 Å². The van der Waals surface area contributed by atoms with E-state index in [1.807, 2.05) is 39.0 Å². The van der Waals surface area contributed by atoms with Gasteiger partial charge in [-0.2, -0.15) is 15.5 Å². The largest absolute Gasteiger partial charge is 0.505 e. The number of phenolic OH excluding ortho intramolecular Hbond substituents is 1. The molecule has 2 aliphatic heterocycles. The lowest BCUT2D eigenvalue weighted by Gasteiger charge is -2.16. The number of aromatic carboxylic acids is 1. The first-order valence-corrected chi connectivity index (χ1v) is 11.5. The Bertz CT molecular complexity index is 1400. The third-order valence-corrected chi connectivity index (χ3v) is 6.60. The van der Waals surface area contributed by atoms with Crippen molar-refractivity contribution in [2.24, 2.45) is 5.10 Å². The molecule has 0 aromatic heterocycles. The lowest BCUT2D eigenvalue weighted by molar-refractivity contribution is -0.118. The van der Waals surface area contributed by atoms with Crippen LogP contribution in [-0.4, -0.2) is 33.5 Å². The van der Waals surface area contributed by atoms with Crippen LogP contribution in [0.25, 0.3) is 11.1 Å². The van der Waals surface area contributed by atoms with Gasteiger partial charge in [-0.1, -0.05) is 43.7 Å². The number of aryl methyl sites for hydroxylation is 2. The van der Waals surface area contributed by atoms with Crippen molar-refractivity contribution in [2.45, 2.75) is 39.3 Å². The van der Waals surface area contributed by atoms with Gasteiger partial charge < -0.3 is 10.2 Å². The smallest absolute Gasteiger partial charge is 0.335 e. The number of nitrogens with zero attached hydrogens (tertiary/aromatic N) is 3. The number of carbonyl (C=O) groups is 2. The second kappa shape index (κ2) is 8.25. The van der Waals surface area contributed by atoms with Gasteiger partial charge in [0.05, 0.1) is 22.6 Å². The normalized spacial score (nSPS) is 18.8. The van der Waals surface area contributed by atoms with Gasteiger partial charge in [-0.05, 0) is 67.3 Å². The van der Waals surface area contributed by atoms with E-state index in [4.69, 9.17) is 0 Å². The predicted molar refractivity (Wildman–Crippen MR) is 135 cm³/mol. The molecule has 0 bridgehead atoms. The minimum Gasteiger partial charge on any atom is -0.505 e. The number of hydrogen-bond acceptors (Lipinski definition) is 6. The fraction of sp³-hybridized carbons (Fsp3) is 0.222. The number of hydrogen-bond donors (Lipinski definition) is 3. The predicted octanol–water partition coefficient (Wildman–Crippen LogP) is 4.60. The third kappa shape index (κ3) is 3.54. The number of carboxylic acid groups (broad SMARTS) is 1. The molecule has 3 aromatic rings. The van der Waals surface area contributed by atoms with Gasteiger partial charge in [-0.25, -0.2) is 4.79 Å². The first-order chi connectivity index (χ1) is 16.8. The van der Waals surface area contributed by atoms with Crippen molar-refractivity contribution in [1.82, 2.24) is 5.43 Å². The minimum atomic E-state index is -1.16. The first-order valence-electron chi connectivity index (χ1n) is 11.5. The Kier molecular flexibility index (Phi) is 5.33. The van der Waals surface area contributed by atoms with Crippen molar-refractivity contribution in [3.05, 3.63) is 77.4 Å². The van der Waals surface area contributed by atoms with Gasteiger partial charge in [0.15, 0.2) is 0 Å². The number of hydrazine groups is 1. The molecule has 3 N–H and O–H groups in total. The van der Waals surface area contributed by atoms with E-state index in [2.05, 4.69) is 10.5 Å². The number of anilines is 2. The number of hydrazone groups is 1. The summed E-state index contributed by atoms with van der Waals surface area (Å²) in [5.74, 6) is -1.33. The summed E-state index contributed by atoms with van der Waals surface area (Å²) >= 11 is 0. The van der Waals surface area contributed by atoms with Crippen LogP contribution < -0.4 is 15.4 Å². The number of carboxylic acids is 1. The molecule has 178 valence electrons. The molecule has 2 heterocycles. The number of para-hydroxylation sites is 1. The number of carbonyl (C=O) groups excluding carboxylic acids is 1. The maximum absolute atomic E-state index is 13.7. The summed E-state index contributed by atoms with van der Waals surface area (Å²) in [6.07, 6.45) is 1.41. The van der Waals surface area contributed by atoms with Crippen molar-refractivity contribution in [3.8, 4) is 16.9 Å². The molecule has 8 nitrogen and oxygen atoms in total. The summed E-state index contributed by atoms with van der Waals surface area (Å²) < 4.78 is 0. The molecule has 1 amide bonds. The molecule has 5 rings (SSSR count). The lowest BCUT2D eigenvalue weighted by atomic mass is 10.00. The summed E-state index contributed by atoms with van der Waals surface area (Å²) in [6.45, 7) is 6.04. The number of amides is 1. The van der Waals surface area contributed by atoms with Crippen LogP contribution in [0.5, 0.6) is 5.75 Å². The molecule has 1 unspecified atom stereocenters. The van der Waals surface area contributed by atoms with E-state index >= 15 is 0 Å². The number of rotatable bonds is 6. The van der Waals surface area contributed by atoms with Gasteiger partial charge in [0.1, 0.15) is 5.75 Å². The van der Waals surface area contributed by atoms with Gasteiger partial charge >= 0.3 is 5.97 Å². The fourth-order valence-electron chi connectivity index (χ4n) is 4.49. The zero-order chi connectivity index (χ0) is 24.9. The summed E-state index contributed by atoms with van der Waals surface area (Å²) in [5, 5.41) is 28.3. The summed E-state index contributed by atoms with van der Waals surface area (Å²) in [4.78, 5) is 25.1. The third-order valence-electron chi connectivity index (χ3n) is 6.60. The van der Waals surface area contributed by atoms with Crippen LogP contribution in [0, 0.1) is 13.8 Å². The van der Waals surface area contributed by atoms with Gasteiger partial charge in [0.2, 0.25) is 5.66 Å². The molecule has 35 heavy (non-hydrogen) atoms. The van der Waals surface area contributed by atoms with Gasteiger partial charge in [0, 0.05) is 5.56 Å². The van der Waals surface area contributed by atoms with E-state index in [0.29, 0.717) is 34.6 Å². The Morgan fingerprint density at radius 1 is 1.06 bits per heavy atom. The second-order valence-corrected chi connectivity index (χ2v) is 8.90. The van der Waals surface area contributed by atoms with Crippen LogP contribution in [0.4, 0.5) is 11.4 Å². The molecule has 1 saturated heterocycles. The van der Waals surface area contributed by atoms with Crippen LogP contribution in [-0.2, 0) is 4.79 Å². The molecule has 2 aliphatic rings. The lowest BCUT2D eigenvalue weighted by Crippen LogP contribution is -2.40. The monoisotopic (exact) mass is 470 g/mol.